The highest BCUT2D eigenvalue weighted by Crippen LogP contribution is 2.47. The lowest BCUT2D eigenvalue weighted by atomic mass is 9.95. The lowest BCUT2D eigenvalue weighted by Crippen LogP contribution is -2.52. The van der Waals surface area contributed by atoms with Gasteiger partial charge in [0, 0.05) is 49.1 Å². The Balaban J connectivity index is 1.20. The van der Waals surface area contributed by atoms with Crippen LogP contribution in [0.3, 0.4) is 0 Å². The highest BCUT2D eigenvalue weighted by Gasteiger charge is 2.50. The van der Waals surface area contributed by atoms with Gasteiger partial charge in [0.15, 0.2) is 5.82 Å². The normalized spacial score (nSPS) is 29.6. The molecule has 2 bridgehead atoms. The third-order valence-electron chi connectivity index (χ3n) is 11.1. The fraction of sp³-hybridized carbons (Fsp3) is 0.500. The van der Waals surface area contributed by atoms with E-state index in [0.717, 1.165) is 58.2 Å². The molecule has 3 unspecified atom stereocenters. The van der Waals surface area contributed by atoms with Crippen molar-refractivity contribution in [3.8, 4) is 24.1 Å². The third-order valence-corrected chi connectivity index (χ3v) is 12.6. The fourth-order valence-corrected chi connectivity index (χ4v) is 10.2. The molecule has 2 N–H and O–H groups in total. The van der Waals surface area contributed by atoms with Gasteiger partial charge in [0.1, 0.15) is 41.4 Å². The van der Waals surface area contributed by atoms with Crippen LogP contribution in [0.5, 0.6) is 11.8 Å². The molecule has 5 atom stereocenters. The first kappa shape index (κ1) is 30.4. The number of nitrogens with zero attached hydrogens (tertiary/aromatic N) is 5. The molecule has 1 aromatic heterocycles. The standard InChI is InChI=1S/C36H38F2N6O3S/c1-2-27-29(38)9-6-22-12-26(45)13-28(32(22)27)31-14-30-33(48(46)44(31)16-21-4-5-21)34(42-18-24-7-8-25(19-42)39-24)41-35(40-30)47-20-36-10-3-11-43(36)17-23(37)15-36/h1,6,9,12-14,21,23-25,39,45H,3-5,7-8,10-11,15-20H2/t23-,24?,25?,36+,48?/m1/s1. The molecule has 2 aromatic carbocycles. The molecule has 48 heavy (non-hydrogen) atoms. The number of phenols is 1. The van der Waals surface area contributed by atoms with Crippen LogP contribution in [-0.4, -0.2) is 92.0 Å². The van der Waals surface area contributed by atoms with Gasteiger partial charge in [0.25, 0.3) is 0 Å². The summed E-state index contributed by atoms with van der Waals surface area (Å²) in [4.78, 5) is 14.8. The minimum atomic E-state index is -1.73. The Morgan fingerprint density at radius 3 is 2.73 bits per heavy atom. The molecule has 250 valence electrons. The molecule has 9 nitrogen and oxygen atoms in total. The van der Waals surface area contributed by atoms with Crippen LogP contribution in [0.25, 0.3) is 22.5 Å². The number of benzene rings is 2. The van der Waals surface area contributed by atoms with Crippen molar-refractivity contribution in [3.05, 3.63) is 46.9 Å². The molecule has 12 heteroatoms. The first-order chi connectivity index (χ1) is 23.3. The molecule has 0 spiro atoms. The van der Waals surface area contributed by atoms with Crippen LogP contribution in [0.15, 0.2) is 29.2 Å². The minimum absolute atomic E-state index is 0.0114. The number of fused-ring (bicyclic) bond motifs is 5. The molecule has 0 amide bonds. The Morgan fingerprint density at radius 1 is 1.15 bits per heavy atom. The van der Waals surface area contributed by atoms with Crippen molar-refractivity contribution < 1.29 is 23.2 Å². The Hall–Kier alpha value is -3.63. The van der Waals surface area contributed by atoms with Crippen molar-refractivity contribution >= 4 is 39.7 Å². The summed E-state index contributed by atoms with van der Waals surface area (Å²) in [6.45, 7) is 3.50. The van der Waals surface area contributed by atoms with Crippen molar-refractivity contribution in [1.82, 2.24) is 24.5 Å². The second-order valence-electron chi connectivity index (χ2n) is 14.4. The van der Waals surface area contributed by atoms with E-state index >= 15 is 4.39 Å². The van der Waals surface area contributed by atoms with E-state index < -0.39 is 23.4 Å². The maximum atomic E-state index is 15.1. The number of aromatic hydroxyl groups is 1. The van der Waals surface area contributed by atoms with Gasteiger partial charge in [0.05, 0.1) is 23.3 Å². The number of nitrogens with one attached hydrogen (secondary N) is 1. The molecule has 3 aromatic rings. The zero-order valence-electron chi connectivity index (χ0n) is 26.6. The van der Waals surface area contributed by atoms with Crippen molar-refractivity contribution in [3.63, 3.8) is 0 Å². The highest BCUT2D eigenvalue weighted by atomic mass is 32.2. The lowest BCUT2D eigenvalue weighted by Gasteiger charge is -2.37. The summed E-state index contributed by atoms with van der Waals surface area (Å²) in [5.41, 5.74) is 1.18. The Labute approximate surface area is 281 Å². The number of hydrogen-bond acceptors (Lipinski definition) is 9. The first-order valence-corrected chi connectivity index (χ1v) is 18.2. The number of ether oxygens (including phenoxy) is 1. The zero-order valence-corrected chi connectivity index (χ0v) is 27.4. The maximum Gasteiger partial charge on any atom is 0.319 e. The van der Waals surface area contributed by atoms with E-state index in [1.54, 1.807) is 18.2 Å². The summed E-state index contributed by atoms with van der Waals surface area (Å²) < 4.78 is 52.9. The second kappa shape index (κ2) is 11.5. The van der Waals surface area contributed by atoms with Gasteiger partial charge in [-0.1, -0.05) is 12.0 Å². The topological polar surface area (TPSA) is 100 Å². The van der Waals surface area contributed by atoms with Gasteiger partial charge in [-0.15, -0.1) is 6.42 Å². The van der Waals surface area contributed by atoms with E-state index in [9.17, 15) is 14.0 Å². The second-order valence-corrected chi connectivity index (χ2v) is 15.7. The van der Waals surface area contributed by atoms with Crippen molar-refractivity contribution in [2.24, 2.45) is 5.92 Å². The number of halogens is 2. The van der Waals surface area contributed by atoms with Gasteiger partial charge >= 0.3 is 6.01 Å². The van der Waals surface area contributed by atoms with Gasteiger partial charge in [-0.25, -0.2) is 8.78 Å². The molecule has 9 rings (SSSR count). The van der Waals surface area contributed by atoms with Crippen LogP contribution in [0.4, 0.5) is 14.6 Å². The Morgan fingerprint density at radius 2 is 1.96 bits per heavy atom. The fourth-order valence-electron chi connectivity index (χ4n) is 8.68. The monoisotopic (exact) mass is 672 g/mol. The van der Waals surface area contributed by atoms with E-state index in [1.807, 2.05) is 10.4 Å². The zero-order chi connectivity index (χ0) is 32.7. The van der Waals surface area contributed by atoms with E-state index in [1.165, 1.54) is 6.07 Å². The van der Waals surface area contributed by atoms with Crippen LogP contribution in [0.2, 0.25) is 0 Å². The third kappa shape index (κ3) is 5.09. The number of rotatable bonds is 7. The number of aromatic nitrogens is 2. The largest absolute Gasteiger partial charge is 0.588 e. The average molecular weight is 673 g/mol. The van der Waals surface area contributed by atoms with Crippen LogP contribution in [-0.2, 0) is 11.4 Å². The molecule has 4 saturated heterocycles. The van der Waals surface area contributed by atoms with Gasteiger partial charge < -0.3 is 24.6 Å². The van der Waals surface area contributed by atoms with Crippen molar-refractivity contribution in [2.45, 2.75) is 73.6 Å². The number of piperazine rings is 1. The summed E-state index contributed by atoms with van der Waals surface area (Å²) in [5, 5.41) is 15.6. The van der Waals surface area contributed by atoms with E-state index in [0.29, 0.717) is 76.0 Å². The minimum Gasteiger partial charge on any atom is -0.588 e. The number of alkyl halides is 1. The molecule has 5 aliphatic heterocycles. The quantitative estimate of drug-likeness (QED) is 0.276. The van der Waals surface area contributed by atoms with Crippen LogP contribution in [0, 0.1) is 24.1 Å². The summed E-state index contributed by atoms with van der Waals surface area (Å²) in [7, 11) is 0. The smallest absolute Gasteiger partial charge is 0.319 e. The number of anilines is 1. The molecular weight excluding hydrogens is 634 g/mol. The molecular formula is C36H38F2N6O3S. The van der Waals surface area contributed by atoms with Crippen LogP contribution < -0.4 is 15.0 Å². The number of hydrogen-bond donors (Lipinski definition) is 2. The van der Waals surface area contributed by atoms with Gasteiger partial charge in [-0.05, 0) is 80.6 Å². The predicted molar refractivity (Wildman–Crippen MR) is 180 cm³/mol. The van der Waals surface area contributed by atoms with Crippen molar-refractivity contribution in [1.29, 1.82) is 0 Å². The average Bonchev–Trinajstić information content (AvgIpc) is 3.61. The highest BCUT2D eigenvalue weighted by molar-refractivity contribution is 7.89. The Kier molecular flexibility index (Phi) is 7.27. The van der Waals surface area contributed by atoms with Crippen LogP contribution in [0.1, 0.15) is 61.8 Å². The van der Waals surface area contributed by atoms with E-state index in [-0.39, 0.29) is 29.5 Å². The predicted octanol–water partition coefficient (Wildman–Crippen LogP) is 4.60. The summed E-state index contributed by atoms with van der Waals surface area (Å²) in [6, 6.07) is 6.80. The first-order valence-electron chi connectivity index (χ1n) is 17.1. The summed E-state index contributed by atoms with van der Waals surface area (Å²) in [5.74, 6) is 2.90. The van der Waals surface area contributed by atoms with E-state index in [2.05, 4.69) is 21.0 Å². The van der Waals surface area contributed by atoms with Gasteiger partial charge in [-0.2, -0.15) is 14.3 Å². The molecule has 6 aliphatic rings. The maximum absolute atomic E-state index is 15.1. The number of phenolic OH excluding ortho intramolecular Hbond substituents is 1. The SMILES string of the molecule is C#Cc1c(F)ccc2cc(O)cc(C3=Cc4nc(OC[C@@]56CCCN5C[C@H](F)C6)nc(N5CC6CCC(C5)N6)c4[S+]([O-])N3CC3CC3)c12. The van der Waals surface area contributed by atoms with Crippen molar-refractivity contribution in [2.75, 3.05) is 44.2 Å². The van der Waals surface area contributed by atoms with Crippen LogP contribution >= 0.6 is 0 Å². The number of terminal acetylenes is 1. The molecule has 0 radical (unpaired) electrons. The van der Waals surface area contributed by atoms with E-state index in [4.69, 9.17) is 21.1 Å². The summed E-state index contributed by atoms with van der Waals surface area (Å²) in [6.07, 6.45) is 13.3. The summed E-state index contributed by atoms with van der Waals surface area (Å²) >= 11 is -1.73. The van der Waals surface area contributed by atoms with Gasteiger partial charge in [-0.3, -0.25) is 4.90 Å². The molecule has 1 saturated carbocycles. The molecule has 5 fully saturated rings. The van der Waals surface area contributed by atoms with Gasteiger partial charge in [0.2, 0.25) is 4.90 Å². The molecule has 1 aliphatic carbocycles. The Bertz CT molecular complexity index is 1870. The lowest BCUT2D eigenvalue weighted by molar-refractivity contribution is 0.107. The molecule has 6 heterocycles.